The molecule has 1 aliphatic rings. The highest BCUT2D eigenvalue weighted by atomic mass is 79.9. The lowest BCUT2D eigenvalue weighted by molar-refractivity contribution is -0.122. The number of rotatable bonds is 1. The maximum absolute atomic E-state index is 11.8. The van der Waals surface area contributed by atoms with Crippen LogP contribution in [-0.2, 0) is 4.74 Å². The minimum absolute atomic E-state index is 0.0947. The Hall–Kier alpha value is -0.630. The van der Waals surface area contributed by atoms with Crippen molar-refractivity contribution in [3.8, 4) is 0 Å². The van der Waals surface area contributed by atoms with Gasteiger partial charge in [-0.1, -0.05) is 15.9 Å². The molecule has 0 atom stereocenters. The maximum atomic E-state index is 11.8. The molecule has 0 spiro atoms. The van der Waals surface area contributed by atoms with E-state index >= 15 is 0 Å². The van der Waals surface area contributed by atoms with Gasteiger partial charge in [-0.25, -0.2) is 0 Å². The van der Waals surface area contributed by atoms with Crippen LogP contribution < -0.4 is 0 Å². The summed E-state index contributed by atoms with van der Waals surface area (Å²) in [6, 6.07) is 0. The molecule has 0 radical (unpaired) electrons. The van der Waals surface area contributed by atoms with Gasteiger partial charge < -0.3 is 4.74 Å². The van der Waals surface area contributed by atoms with E-state index in [9.17, 15) is 13.2 Å². The minimum atomic E-state index is -4.46. The number of halogens is 4. The number of allylic oxidation sites excluding steroid dienone is 2. The molecule has 0 unspecified atom stereocenters. The van der Waals surface area contributed by atoms with E-state index in [1.165, 1.54) is 0 Å². The Bertz CT molecular complexity index is 266. The van der Waals surface area contributed by atoms with Gasteiger partial charge in [-0.3, -0.25) is 0 Å². The molecule has 0 aliphatic carbocycles. The van der Waals surface area contributed by atoms with E-state index in [1.54, 1.807) is 0 Å². The Morgan fingerprint density at radius 2 is 2.00 bits per heavy atom. The summed E-state index contributed by atoms with van der Waals surface area (Å²) in [5.41, 5.74) is 4.05. The highest BCUT2D eigenvalue weighted by molar-refractivity contribution is 9.09. The number of alkyl halides is 4. The molecule has 0 amide bonds. The third-order valence-corrected chi connectivity index (χ3v) is 1.43. The predicted molar refractivity (Wildman–Crippen MR) is 35.0 cm³/mol. The van der Waals surface area contributed by atoms with Crippen LogP contribution in [0.15, 0.2) is 23.0 Å². The van der Waals surface area contributed by atoms with E-state index in [2.05, 4.69) is 26.4 Å². The summed E-state index contributed by atoms with van der Waals surface area (Å²) >= 11 is 2.93. The van der Waals surface area contributed by atoms with Crippen LogP contribution in [0.25, 0.3) is 0 Å². The third-order valence-electron chi connectivity index (χ3n) is 0.920. The lowest BCUT2D eigenvalue weighted by Gasteiger charge is -2.06. The lowest BCUT2D eigenvalue weighted by atomic mass is 10.5. The molecule has 0 N–H and O–H groups in total. The first-order valence-corrected chi connectivity index (χ1v) is 3.72. The zero-order valence-electron chi connectivity index (χ0n) is 5.13. The molecule has 0 saturated carbocycles. The van der Waals surface area contributed by atoms with Gasteiger partial charge in [0.15, 0.2) is 5.76 Å². The fraction of sp³-hybridized carbons (Fsp3) is 0.333. The van der Waals surface area contributed by atoms with Crippen molar-refractivity contribution in [2.45, 2.75) is 6.18 Å². The fourth-order valence-electron chi connectivity index (χ4n) is 0.490. The van der Waals surface area contributed by atoms with Crippen molar-refractivity contribution in [1.29, 1.82) is 0 Å². The highest BCUT2D eigenvalue weighted by Crippen LogP contribution is 2.29. The summed E-state index contributed by atoms with van der Waals surface area (Å²) in [7, 11) is 0. The van der Waals surface area contributed by atoms with E-state index in [0.717, 1.165) is 0 Å². The van der Waals surface area contributed by atoms with Gasteiger partial charge in [-0.15, -0.1) is 0 Å². The third kappa shape index (κ3) is 1.90. The zero-order valence-corrected chi connectivity index (χ0v) is 6.71. The number of hydrogen-bond donors (Lipinski definition) is 0. The predicted octanol–water partition coefficient (Wildman–Crippen LogP) is 2.50. The van der Waals surface area contributed by atoms with Crippen molar-refractivity contribution in [3.63, 3.8) is 0 Å². The van der Waals surface area contributed by atoms with Gasteiger partial charge in [0.05, 0.1) is 5.33 Å². The van der Waals surface area contributed by atoms with E-state index in [4.69, 9.17) is 0 Å². The Morgan fingerprint density at radius 3 is 2.27 bits per heavy atom. The summed E-state index contributed by atoms with van der Waals surface area (Å²) in [4.78, 5) is 0. The van der Waals surface area contributed by atoms with Gasteiger partial charge in [-0.2, -0.15) is 13.2 Å². The summed E-state index contributed by atoms with van der Waals surface area (Å²) in [5, 5.41) is 0.208. The topological polar surface area (TPSA) is 9.23 Å². The van der Waals surface area contributed by atoms with Crippen LogP contribution in [0.4, 0.5) is 13.2 Å². The molecule has 0 aromatic rings. The van der Waals surface area contributed by atoms with Gasteiger partial charge in [-0.05, 0) is 11.5 Å². The van der Waals surface area contributed by atoms with E-state index in [1.807, 2.05) is 5.73 Å². The largest absolute Gasteiger partial charge is 0.458 e. The van der Waals surface area contributed by atoms with Crippen molar-refractivity contribution in [2.75, 3.05) is 5.33 Å². The molecule has 0 bridgehead atoms. The average Bonchev–Trinajstić information content (AvgIpc) is 2.32. The van der Waals surface area contributed by atoms with Crippen molar-refractivity contribution in [2.24, 2.45) is 0 Å². The maximum Gasteiger partial charge on any atom is 0.458 e. The van der Waals surface area contributed by atoms with Gasteiger partial charge in [0.2, 0.25) is 0 Å². The van der Waals surface area contributed by atoms with Gasteiger partial charge in [0, 0.05) is 0 Å². The molecular weight excluding hydrogens is 225 g/mol. The number of ether oxygens (including phenoxy) is 1. The van der Waals surface area contributed by atoms with Crippen LogP contribution >= 0.6 is 15.9 Å². The summed E-state index contributed by atoms with van der Waals surface area (Å²) in [6.07, 6.45) is -4.46. The van der Waals surface area contributed by atoms with Crippen molar-refractivity contribution in [3.05, 3.63) is 23.0 Å². The SMILES string of the molecule is FC(F)(F)C1=C=C=C(CBr)O1. The van der Waals surface area contributed by atoms with Crippen LogP contribution in [0.5, 0.6) is 0 Å². The van der Waals surface area contributed by atoms with Crippen molar-refractivity contribution < 1.29 is 17.9 Å². The van der Waals surface area contributed by atoms with E-state index in [0.29, 0.717) is 0 Å². The first-order valence-electron chi connectivity index (χ1n) is 2.60. The van der Waals surface area contributed by atoms with Gasteiger partial charge in [0.25, 0.3) is 5.76 Å². The number of hydrogen-bond acceptors (Lipinski definition) is 1. The van der Waals surface area contributed by atoms with Crippen LogP contribution in [0.2, 0.25) is 0 Å². The second kappa shape index (κ2) is 2.78. The molecule has 0 saturated heterocycles. The monoisotopic (exact) mass is 226 g/mol. The highest BCUT2D eigenvalue weighted by Gasteiger charge is 2.38. The van der Waals surface area contributed by atoms with Crippen LogP contribution in [0.1, 0.15) is 0 Å². The van der Waals surface area contributed by atoms with E-state index in [-0.39, 0.29) is 11.1 Å². The summed E-state index contributed by atoms with van der Waals surface area (Å²) in [5.74, 6) is -1.04. The summed E-state index contributed by atoms with van der Waals surface area (Å²) < 4.78 is 39.6. The fourth-order valence-corrected chi connectivity index (χ4v) is 0.745. The molecule has 5 heteroatoms. The van der Waals surface area contributed by atoms with Crippen LogP contribution in [-0.4, -0.2) is 11.5 Å². The van der Waals surface area contributed by atoms with Crippen molar-refractivity contribution in [1.82, 2.24) is 0 Å². The molecule has 0 aromatic heterocycles. The second-order valence-electron chi connectivity index (χ2n) is 1.74. The first kappa shape index (κ1) is 8.47. The second-order valence-corrected chi connectivity index (χ2v) is 2.30. The average molecular weight is 227 g/mol. The standard InChI is InChI=1S/C6H2BrF3O/c7-3-4-1-2-5(11-4)6(8,9)10/h3H2. The Morgan fingerprint density at radius 1 is 1.36 bits per heavy atom. The molecule has 0 fully saturated rings. The molecule has 1 rings (SSSR count). The smallest absolute Gasteiger partial charge is 0.438 e. The van der Waals surface area contributed by atoms with Gasteiger partial charge in [0.1, 0.15) is 0 Å². The lowest BCUT2D eigenvalue weighted by Crippen LogP contribution is -2.12. The Labute approximate surface area is 69.0 Å². The molecular formula is C6H2BrF3O. The molecule has 60 valence electrons. The molecule has 1 nitrogen and oxygen atoms in total. The molecule has 1 aliphatic heterocycles. The quantitative estimate of drug-likeness (QED) is 0.493. The minimum Gasteiger partial charge on any atom is -0.438 e. The molecule has 11 heavy (non-hydrogen) atoms. The Kier molecular flexibility index (Phi) is 2.14. The van der Waals surface area contributed by atoms with Crippen LogP contribution in [0, 0.1) is 0 Å². The zero-order chi connectivity index (χ0) is 8.48. The Balaban J connectivity index is 2.87. The normalized spacial score (nSPS) is 16.0. The molecule has 1 heterocycles. The molecule has 0 aromatic carbocycles. The first-order chi connectivity index (χ1) is 5.04. The summed E-state index contributed by atoms with van der Waals surface area (Å²) in [6.45, 7) is 0. The van der Waals surface area contributed by atoms with Crippen molar-refractivity contribution >= 4 is 15.9 Å². The van der Waals surface area contributed by atoms with Crippen LogP contribution in [0.3, 0.4) is 0 Å². The van der Waals surface area contributed by atoms with Gasteiger partial charge >= 0.3 is 6.18 Å². The van der Waals surface area contributed by atoms with E-state index < -0.39 is 11.9 Å².